The molecule has 1 atom stereocenters. The SMILES string of the molecule is CC(NC(=O)c1ccc2c(c1)CCO2)c1cccc2ccccc12. The minimum Gasteiger partial charge on any atom is -0.493 e. The van der Waals surface area contributed by atoms with Crippen LogP contribution in [0.25, 0.3) is 10.8 Å². The van der Waals surface area contributed by atoms with E-state index in [1.807, 2.05) is 43.3 Å². The van der Waals surface area contributed by atoms with E-state index < -0.39 is 0 Å². The molecule has 3 heteroatoms. The molecule has 4 rings (SSSR count). The molecule has 3 aromatic carbocycles. The van der Waals surface area contributed by atoms with Crippen molar-refractivity contribution < 1.29 is 9.53 Å². The Balaban J connectivity index is 1.59. The molecular weight excluding hydrogens is 298 g/mol. The minimum absolute atomic E-state index is 0.0508. The molecule has 3 nitrogen and oxygen atoms in total. The van der Waals surface area contributed by atoms with E-state index in [1.54, 1.807) is 0 Å². The van der Waals surface area contributed by atoms with Gasteiger partial charge in [-0.25, -0.2) is 0 Å². The Morgan fingerprint density at radius 1 is 1.08 bits per heavy atom. The van der Waals surface area contributed by atoms with Crippen molar-refractivity contribution in [1.29, 1.82) is 0 Å². The number of nitrogens with one attached hydrogen (secondary N) is 1. The summed E-state index contributed by atoms with van der Waals surface area (Å²) in [6.07, 6.45) is 0.870. The third kappa shape index (κ3) is 2.62. The molecule has 0 fully saturated rings. The van der Waals surface area contributed by atoms with E-state index >= 15 is 0 Å². The van der Waals surface area contributed by atoms with Crippen LogP contribution in [0.3, 0.4) is 0 Å². The second-order valence-corrected chi connectivity index (χ2v) is 6.18. The molecule has 0 bridgehead atoms. The van der Waals surface area contributed by atoms with Crippen LogP contribution in [0.2, 0.25) is 0 Å². The van der Waals surface area contributed by atoms with E-state index in [0.717, 1.165) is 23.3 Å². The number of hydrogen-bond donors (Lipinski definition) is 1. The van der Waals surface area contributed by atoms with Gasteiger partial charge in [-0.05, 0) is 47.0 Å². The third-order valence-electron chi connectivity index (χ3n) is 4.59. The molecule has 0 aromatic heterocycles. The molecule has 1 N–H and O–H groups in total. The Hall–Kier alpha value is -2.81. The van der Waals surface area contributed by atoms with Crippen molar-refractivity contribution in [2.75, 3.05) is 6.61 Å². The van der Waals surface area contributed by atoms with Gasteiger partial charge in [0, 0.05) is 12.0 Å². The molecular formula is C21H19NO2. The topological polar surface area (TPSA) is 38.3 Å². The third-order valence-corrected chi connectivity index (χ3v) is 4.59. The van der Waals surface area contributed by atoms with Crippen molar-refractivity contribution in [3.05, 3.63) is 77.4 Å². The summed E-state index contributed by atoms with van der Waals surface area (Å²) < 4.78 is 5.50. The zero-order valence-electron chi connectivity index (χ0n) is 13.6. The van der Waals surface area contributed by atoms with Crippen LogP contribution in [-0.4, -0.2) is 12.5 Å². The highest BCUT2D eigenvalue weighted by molar-refractivity contribution is 5.95. The number of fused-ring (bicyclic) bond motifs is 2. The predicted octanol–water partition coefficient (Wildman–Crippen LogP) is 4.27. The van der Waals surface area contributed by atoms with Crippen LogP contribution in [0.15, 0.2) is 60.7 Å². The van der Waals surface area contributed by atoms with Crippen LogP contribution in [-0.2, 0) is 6.42 Å². The predicted molar refractivity (Wildman–Crippen MR) is 95.5 cm³/mol. The van der Waals surface area contributed by atoms with Gasteiger partial charge in [0.15, 0.2) is 0 Å². The fourth-order valence-corrected chi connectivity index (χ4v) is 3.31. The molecule has 0 spiro atoms. The van der Waals surface area contributed by atoms with Crippen molar-refractivity contribution in [2.24, 2.45) is 0 Å². The number of ether oxygens (including phenoxy) is 1. The minimum atomic E-state index is -0.0619. The summed E-state index contributed by atoms with van der Waals surface area (Å²) >= 11 is 0. The van der Waals surface area contributed by atoms with E-state index in [1.165, 1.54) is 10.8 Å². The second kappa shape index (κ2) is 6.00. The van der Waals surface area contributed by atoms with Crippen LogP contribution in [0.5, 0.6) is 5.75 Å². The maximum absolute atomic E-state index is 12.6. The van der Waals surface area contributed by atoms with Gasteiger partial charge >= 0.3 is 0 Å². The molecule has 3 aromatic rings. The van der Waals surface area contributed by atoms with Gasteiger partial charge in [-0.1, -0.05) is 42.5 Å². The Morgan fingerprint density at radius 3 is 2.83 bits per heavy atom. The summed E-state index contributed by atoms with van der Waals surface area (Å²) in [6, 6.07) is 20.0. The summed E-state index contributed by atoms with van der Waals surface area (Å²) in [5.74, 6) is 0.846. The average Bonchev–Trinajstić information content (AvgIpc) is 3.08. The molecule has 0 saturated carbocycles. The fraction of sp³-hybridized carbons (Fsp3) is 0.190. The number of carbonyl (C=O) groups is 1. The molecule has 0 saturated heterocycles. The lowest BCUT2D eigenvalue weighted by Gasteiger charge is -2.17. The van der Waals surface area contributed by atoms with Gasteiger partial charge in [0.1, 0.15) is 5.75 Å². The summed E-state index contributed by atoms with van der Waals surface area (Å²) in [7, 11) is 0. The molecule has 1 aliphatic heterocycles. The van der Waals surface area contributed by atoms with Crippen molar-refractivity contribution in [3.8, 4) is 5.75 Å². The largest absolute Gasteiger partial charge is 0.493 e. The highest BCUT2D eigenvalue weighted by Crippen LogP contribution is 2.27. The molecule has 24 heavy (non-hydrogen) atoms. The molecule has 0 radical (unpaired) electrons. The maximum atomic E-state index is 12.6. The van der Waals surface area contributed by atoms with Gasteiger partial charge in [0.25, 0.3) is 5.91 Å². The smallest absolute Gasteiger partial charge is 0.251 e. The summed E-state index contributed by atoms with van der Waals surface area (Å²) in [5, 5.41) is 5.48. The number of carbonyl (C=O) groups excluding carboxylic acids is 1. The first kappa shape index (κ1) is 14.8. The first-order valence-corrected chi connectivity index (χ1v) is 8.26. The highest BCUT2D eigenvalue weighted by atomic mass is 16.5. The van der Waals surface area contributed by atoms with E-state index in [-0.39, 0.29) is 11.9 Å². The number of benzene rings is 3. The van der Waals surface area contributed by atoms with Crippen molar-refractivity contribution in [3.63, 3.8) is 0 Å². The van der Waals surface area contributed by atoms with Gasteiger partial charge in [-0.15, -0.1) is 0 Å². The Bertz CT molecular complexity index is 911. The molecule has 1 amide bonds. The lowest BCUT2D eigenvalue weighted by atomic mass is 9.99. The van der Waals surface area contributed by atoms with Crippen molar-refractivity contribution in [2.45, 2.75) is 19.4 Å². The maximum Gasteiger partial charge on any atom is 0.251 e. The number of amides is 1. The summed E-state index contributed by atoms with van der Waals surface area (Å²) in [6.45, 7) is 2.73. The molecule has 1 unspecified atom stereocenters. The lowest BCUT2D eigenvalue weighted by molar-refractivity contribution is 0.0940. The van der Waals surface area contributed by atoms with Crippen LogP contribution < -0.4 is 10.1 Å². The van der Waals surface area contributed by atoms with E-state index in [0.29, 0.717) is 12.2 Å². The quantitative estimate of drug-likeness (QED) is 0.783. The lowest BCUT2D eigenvalue weighted by Crippen LogP contribution is -2.26. The van der Waals surface area contributed by atoms with Crippen LogP contribution >= 0.6 is 0 Å². The number of rotatable bonds is 3. The van der Waals surface area contributed by atoms with Gasteiger partial charge in [-0.2, -0.15) is 0 Å². The van der Waals surface area contributed by atoms with Gasteiger partial charge in [0.05, 0.1) is 12.6 Å². The summed E-state index contributed by atoms with van der Waals surface area (Å²) in [4.78, 5) is 12.6. The highest BCUT2D eigenvalue weighted by Gasteiger charge is 2.17. The molecule has 120 valence electrons. The average molecular weight is 317 g/mol. The van der Waals surface area contributed by atoms with Crippen molar-refractivity contribution in [1.82, 2.24) is 5.32 Å². The van der Waals surface area contributed by atoms with Gasteiger partial charge < -0.3 is 10.1 Å². The summed E-state index contributed by atoms with van der Waals surface area (Å²) in [5.41, 5.74) is 2.93. The van der Waals surface area contributed by atoms with Crippen LogP contribution in [0.4, 0.5) is 0 Å². The van der Waals surface area contributed by atoms with Crippen molar-refractivity contribution >= 4 is 16.7 Å². The molecule has 1 heterocycles. The Labute approximate surface area is 141 Å². The molecule has 0 aliphatic carbocycles. The van der Waals surface area contributed by atoms with Crippen LogP contribution in [0, 0.1) is 0 Å². The Kier molecular flexibility index (Phi) is 3.69. The zero-order chi connectivity index (χ0) is 16.5. The van der Waals surface area contributed by atoms with E-state index in [2.05, 4.69) is 29.6 Å². The first-order valence-electron chi connectivity index (χ1n) is 8.26. The normalized spacial score (nSPS) is 14.0. The second-order valence-electron chi connectivity index (χ2n) is 6.18. The first-order chi connectivity index (χ1) is 11.7. The van der Waals surface area contributed by atoms with Crippen LogP contribution in [0.1, 0.15) is 34.5 Å². The van der Waals surface area contributed by atoms with E-state index in [4.69, 9.17) is 4.74 Å². The zero-order valence-corrected chi connectivity index (χ0v) is 13.6. The van der Waals surface area contributed by atoms with Gasteiger partial charge in [-0.3, -0.25) is 4.79 Å². The van der Waals surface area contributed by atoms with Gasteiger partial charge in [0.2, 0.25) is 0 Å². The molecule has 1 aliphatic rings. The monoisotopic (exact) mass is 317 g/mol. The fourth-order valence-electron chi connectivity index (χ4n) is 3.31. The number of hydrogen-bond acceptors (Lipinski definition) is 2. The van der Waals surface area contributed by atoms with E-state index in [9.17, 15) is 4.79 Å². The standard InChI is InChI=1S/C21H19NO2/c1-14(18-8-4-6-15-5-2-3-7-19(15)18)22-21(23)17-9-10-20-16(13-17)11-12-24-20/h2-10,13-14H,11-12H2,1H3,(H,22,23). The Morgan fingerprint density at radius 2 is 1.92 bits per heavy atom.